The fourth-order valence-corrected chi connectivity index (χ4v) is 2.96. The zero-order valence-electron chi connectivity index (χ0n) is 21.3. The molecule has 1 aromatic carbocycles. The Morgan fingerprint density at radius 1 is 1.06 bits per heavy atom. The van der Waals surface area contributed by atoms with Crippen LogP contribution in [0.3, 0.4) is 0 Å². The fourth-order valence-electron chi connectivity index (χ4n) is 2.96. The minimum Gasteiger partial charge on any atom is -0.481 e. The highest BCUT2D eigenvalue weighted by Gasteiger charge is 2.26. The summed E-state index contributed by atoms with van der Waals surface area (Å²) in [5.41, 5.74) is 11.6. The first kappa shape index (κ1) is 32.0. The van der Waals surface area contributed by atoms with Gasteiger partial charge in [-0.25, -0.2) is 0 Å². The van der Waals surface area contributed by atoms with E-state index in [1.807, 2.05) is 30.3 Å². The zero-order valence-corrected chi connectivity index (χ0v) is 21.3. The summed E-state index contributed by atoms with van der Waals surface area (Å²) in [5.74, 6) is -3.28. The van der Waals surface area contributed by atoms with Gasteiger partial charge in [0, 0.05) is 32.9 Å². The molecule has 200 valence electrons. The Balaban J connectivity index is 0.00000283. The predicted octanol–water partition coefficient (Wildman–Crippen LogP) is 0.00570. The summed E-state index contributed by atoms with van der Waals surface area (Å²) >= 11 is 0. The van der Waals surface area contributed by atoms with E-state index in [9.17, 15) is 19.2 Å². The molecule has 0 spiro atoms. The van der Waals surface area contributed by atoms with Crippen LogP contribution in [0.25, 0.3) is 0 Å². The lowest BCUT2D eigenvalue weighted by atomic mass is 10.0. The average molecular weight is 507 g/mol. The van der Waals surface area contributed by atoms with Crippen LogP contribution < -0.4 is 22.1 Å². The van der Waals surface area contributed by atoms with Crippen LogP contribution in [0.2, 0.25) is 0 Å². The number of carboxylic acids is 1. The summed E-state index contributed by atoms with van der Waals surface area (Å²) in [7, 11) is 0. The van der Waals surface area contributed by atoms with Crippen molar-refractivity contribution < 1.29 is 29.1 Å². The second-order valence-corrected chi connectivity index (χ2v) is 8.13. The van der Waals surface area contributed by atoms with Gasteiger partial charge in [0.25, 0.3) is 5.97 Å². The van der Waals surface area contributed by atoms with Gasteiger partial charge in [0.05, 0.1) is 0 Å². The SMILES string of the molecule is CC(=O)N(CC(=O)N[C@@H](C)C(=O)NCCc1ccccc1)C(=O)[C@@H](C)CCCN=C(N)N.CC(=O)O. The van der Waals surface area contributed by atoms with E-state index in [4.69, 9.17) is 21.4 Å². The molecule has 0 saturated heterocycles. The number of nitrogens with zero attached hydrogens (tertiary/aromatic N) is 2. The summed E-state index contributed by atoms with van der Waals surface area (Å²) < 4.78 is 0. The number of hydrogen-bond acceptors (Lipinski definition) is 6. The number of nitrogens with two attached hydrogens (primary N) is 2. The maximum Gasteiger partial charge on any atom is 0.300 e. The lowest BCUT2D eigenvalue weighted by Crippen LogP contribution is -2.50. The molecule has 36 heavy (non-hydrogen) atoms. The van der Waals surface area contributed by atoms with E-state index >= 15 is 0 Å². The second kappa shape index (κ2) is 17.5. The van der Waals surface area contributed by atoms with Gasteiger partial charge in [0.15, 0.2) is 5.96 Å². The maximum absolute atomic E-state index is 12.6. The molecule has 0 aliphatic carbocycles. The van der Waals surface area contributed by atoms with Gasteiger partial charge in [0.2, 0.25) is 23.6 Å². The van der Waals surface area contributed by atoms with E-state index in [1.54, 1.807) is 13.8 Å². The second-order valence-electron chi connectivity index (χ2n) is 8.13. The number of aliphatic imine (C=N–C) groups is 1. The van der Waals surface area contributed by atoms with Gasteiger partial charge >= 0.3 is 0 Å². The van der Waals surface area contributed by atoms with Gasteiger partial charge in [-0.2, -0.15) is 0 Å². The molecule has 0 aromatic heterocycles. The third kappa shape index (κ3) is 15.0. The van der Waals surface area contributed by atoms with Crippen LogP contribution in [-0.4, -0.2) is 71.2 Å². The Morgan fingerprint density at radius 3 is 2.17 bits per heavy atom. The molecule has 2 atom stereocenters. The van der Waals surface area contributed by atoms with Gasteiger partial charge < -0.3 is 27.2 Å². The number of carbonyl (C=O) groups excluding carboxylic acids is 4. The van der Waals surface area contributed by atoms with Crippen molar-refractivity contribution in [1.29, 1.82) is 0 Å². The standard InChI is InChI=1S/C22H34N6O4.C2H4O2/c1-15(8-7-12-26-22(23)24)21(32)28(17(3)29)14-19(30)27-16(2)20(31)25-13-11-18-9-5-4-6-10-18;1-2(3)4/h4-6,9-10,15-16H,7-8,11-14H2,1-3H3,(H,25,31)(H,27,30)(H4,23,24,26);1H3,(H,3,4)/t15-,16-;/m0./s1. The smallest absolute Gasteiger partial charge is 0.300 e. The predicted molar refractivity (Wildman–Crippen MR) is 136 cm³/mol. The number of guanidine groups is 1. The number of carboxylic acid groups (broad SMARTS) is 1. The fraction of sp³-hybridized carbons (Fsp3) is 0.500. The van der Waals surface area contributed by atoms with Crippen molar-refractivity contribution in [2.45, 2.75) is 53.0 Å². The third-order valence-electron chi connectivity index (χ3n) is 4.79. The van der Waals surface area contributed by atoms with Gasteiger partial charge in [-0.15, -0.1) is 0 Å². The first-order chi connectivity index (χ1) is 16.8. The van der Waals surface area contributed by atoms with Crippen LogP contribution in [0.5, 0.6) is 0 Å². The molecule has 0 unspecified atom stereocenters. The minimum atomic E-state index is -0.833. The Morgan fingerprint density at radius 2 is 1.64 bits per heavy atom. The van der Waals surface area contributed by atoms with Crippen molar-refractivity contribution in [3.05, 3.63) is 35.9 Å². The third-order valence-corrected chi connectivity index (χ3v) is 4.79. The number of imide groups is 1. The van der Waals surface area contributed by atoms with Crippen LogP contribution in [0.15, 0.2) is 35.3 Å². The molecule has 0 heterocycles. The van der Waals surface area contributed by atoms with Crippen LogP contribution in [0.4, 0.5) is 0 Å². The largest absolute Gasteiger partial charge is 0.481 e. The van der Waals surface area contributed by atoms with Crippen molar-refractivity contribution in [1.82, 2.24) is 15.5 Å². The quantitative estimate of drug-likeness (QED) is 0.148. The first-order valence-electron chi connectivity index (χ1n) is 11.5. The molecular formula is C24H38N6O6. The lowest BCUT2D eigenvalue weighted by molar-refractivity contribution is -0.149. The molecule has 0 radical (unpaired) electrons. The van der Waals surface area contributed by atoms with E-state index in [0.29, 0.717) is 32.4 Å². The molecule has 0 saturated carbocycles. The molecule has 1 aromatic rings. The van der Waals surface area contributed by atoms with Gasteiger partial charge in [0.1, 0.15) is 12.6 Å². The summed E-state index contributed by atoms with van der Waals surface area (Å²) in [6.07, 6.45) is 1.69. The summed E-state index contributed by atoms with van der Waals surface area (Å²) in [6, 6.07) is 8.89. The van der Waals surface area contributed by atoms with Crippen molar-refractivity contribution in [2.75, 3.05) is 19.6 Å². The van der Waals surface area contributed by atoms with Crippen LogP contribution in [0.1, 0.15) is 46.1 Å². The summed E-state index contributed by atoms with van der Waals surface area (Å²) in [5, 5.41) is 12.7. The number of benzene rings is 1. The van der Waals surface area contributed by atoms with Gasteiger partial charge in [-0.3, -0.25) is 33.9 Å². The maximum atomic E-state index is 12.6. The molecule has 4 amide bonds. The van der Waals surface area contributed by atoms with Crippen LogP contribution in [-0.2, 0) is 30.4 Å². The Labute approximate surface area is 211 Å². The molecule has 7 N–H and O–H groups in total. The number of amides is 4. The summed E-state index contributed by atoms with van der Waals surface area (Å²) in [4.78, 5) is 62.8. The van der Waals surface area contributed by atoms with Crippen molar-refractivity contribution in [3.8, 4) is 0 Å². The first-order valence-corrected chi connectivity index (χ1v) is 11.5. The Kier molecular flexibility index (Phi) is 15.5. The number of rotatable bonds is 12. The van der Waals surface area contributed by atoms with E-state index in [0.717, 1.165) is 17.4 Å². The summed E-state index contributed by atoms with van der Waals surface area (Å²) in [6.45, 7) is 5.87. The Hall–Kier alpha value is -3.96. The van der Waals surface area contributed by atoms with E-state index < -0.39 is 42.2 Å². The Bertz CT molecular complexity index is 898. The topological polar surface area (TPSA) is 197 Å². The average Bonchev–Trinajstić information content (AvgIpc) is 2.79. The van der Waals surface area contributed by atoms with E-state index in [2.05, 4.69) is 15.6 Å². The van der Waals surface area contributed by atoms with E-state index in [1.165, 1.54) is 6.92 Å². The monoisotopic (exact) mass is 506 g/mol. The van der Waals surface area contributed by atoms with E-state index in [-0.39, 0.29) is 11.9 Å². The van der Waals surface area contributed by atoms with Crippen LogP contribution >= 0.6 is 0 Å². The highest BCUT2D eigenvalue weighted by Crippen LogP contribution is 2.10. The minimum absolute atomic E-state index is 0.0239. The van der Waals surface area contributed by atoms with Crippen LogP contribution in [0, 0.1) is 5.92 Å². The lowest BCUT2D eigenvalue weighted by Gasteiger charge is -2.23. The van der Waals surface area contributed by atoms with Gasteiger partial charge in [-0.05, 0) is 31.7 Å². The molecule has 12 nitrogen and oxygen atoms in total. The molecule has 0 aliphatic heterocycles. The zero-order chi connectivity index (χ0) is 27.7. The normalized spacial score (nSPS) is 11.6. The molecule has 12 heteroatoms. The molecule has 0 aliphatic rings. The number of aliphatic carboxylic acids is 1. The number of hydrogen-bond donors (Lipinski definition) is 5. The van der Waals surface area contributed by atoms with Gasteiger partial charge in [-0.1, -0.05) is 37.3 Å². The van der Waals surface area contributed by atoms with Crippen molar-refractivity contribution in [3.63, 3.8) is 0 Å². The highest BCUT2D eigenvalue weighted by atomic mass is 16.4. The van der Waals surface area contributed by atoms with Crippen molar-refractivity contribution in [2.24, 2.45) is 22.4 Å². The molecular weight excluding hydrogens is 468 g/mol. The molecule has 0 fully saturated rings. The number of nitrogens with one attached hydrogen (secondary N) is 2. The molecule has 0 bridgehead atoms. The molecule has 1 rings (SSSR count). The number of carbonyl (C=O) groups is 5. The van der Waals surface area contributed by atoms with Crippen molar-refractivity contribution >= 4 is 35.6 Å². The highest BCUT2D eigenvalue weighted by molar-refractivity contribution is 5.99.